The number of alkyl carbamates (subject to hydrolysis) is 1. The second kappa shape index (κ2) is 14.2. The molecule has 0 fully saturated rings. The topological polar surface area (TPSA) is 87.7 Å². The number of hydrogen-bond donors (Lipinski definition) is 2. The van der Waals surface area contributed by atoms with Gasteiger partial charge in [-0.25, -0.2) is 4.79 Å². The Kier molecular flexibility index (Phi) is 11.4. The van der Waals surface area contributed by atoms with E-state index in [9.17, 15) is 14.4 Å². The summed E-state index contributed by atoms with van der Waals surface area (Å²) in [6, 6.07) is 15.3. The van der Waals surface area contributed by atoms with E-state index in [2.05, 4.69) is 23.6 Å². The molecule has 7 heteroatoms. The molecule has 0 aliphatic heterocycles. The largest absolute Gasteiger partial charge is 0.444 e. The molecule has 3 amide bonds. The summed E-state index contributed by atoms with van der Waals surface area (Å²) in [6.07, 6.45) is 8.17. The van der Waals surface area contributed by atoms with Gasteiger partial charge in [0.2, 0.25) is 5.91 Å². The zero-order valence-corrected chi connectivity index (χ0v) is 23.5. The van der Waals surface area contributed by atoms with Crippen LogP contribution >= 0.6 is 0 Å². The fourth-order valence-electron chi connectivity index (χ4n) is 4.25. The molecule has 2 aromatic carbocycles. The molecule has 0 aliphatic rings. The first-order valence-corrected chi connectivity index (χ1v) is 13.1. The molecule has 38 heavy (non-hydrogen) atoms. The molecule has 2 N–H and O–H groups in total. The van der Waals surface area contributed by atoms with Gasteiger partial charge in [0.05, 0.1) is 0 Å². The maximum atomic E-state index is 14.0. The quantitative estimate of drug-likeness (QED) is 0.242. The highest BCUT2D eigenvalue weighted by Gasteiger charge is 2.37. The lowest BCUT2D eigenvalue weighted by Crippen LogP contribution is -2.52. The lowest BCUT2D eigenvalue weighted by molar-refractivity contribution is -0.138. The van der Waals surface area contributed by atoms with Crippen LogP contribution in [0.15, 0.2) is 48.5 Å². The summed E-state index contributed by atoms with van der Waals surface area (Å²) in [6.45, 7) is 11.6. The van der Waals surface area contributed by atoms with Gasteiger partial charge in [-0.3, -0.25) is 14.5 Å². The number of rotatable bonds is 11. The molecule has 2 atom stereocenters. The van der Waals surface area contributed by atoms with Crippen LogP contribution in [0, 0.1) is 26.3 Å². The van der Waals surface area contributed by atoms with E-state index in [0.29, 0.717) is 12.1 Å². The fourth-order valence-corrected chi connectivity index (χ4v) is 4.25. The minimum atomic E-state index is -1.06. The number of ether oxygens (including phenoxy) is 1. The van der Waals surface area contributed by atoms with Crippen molar-refractivity contribution < 1.29 is 19.1 Å². The molecule has 0 saturated carbocycles. The number of carbonyl (C=O) groups excluding carboxylic acids is 3. The standard InChI is InChI=1S/C31H41N3O4/c1-8-10-14-20-32-28(35)27(26-22(3)16-15-17-23(26)4)34(9-2)29(36)25(21-24-18-12-11-13-19-24)33-30(37)38-31(5,6)7/h2,11-13,15-19,25,27H,8,10,14,20-21H2,1,3-7H3,(H,32,35)(H,33,37). The summed E-state index contributed by atoms with van der Waals surface area (Å²) in [5.74, 6) is -0.931. The summed E-state index contributed by atoms with van der Waals surface area (Å²) in [7, 11) is 0. The normalized spacial score (nSPS) is 12.6. The van der Waals surface area contributed by atoms with Crippen molar-refractivity contribution in [1.29, 1.82) is 0 Å². The first-order valence-electron chi connectivity index (χ1n) is 13.1. The summed E-state index contributed by atoms with van der Waals surface area (Å²) in [5.41, 5.74) is 2.42. The Hall–Kier alpha value is -3.79. The van der Waals surface area contributed by atoms with Crippen LogP contribution < -0.4 is 10.6 Å². The third-order valence-electron chi connectivity index (χ3n) is 6.05. The zero-order chi connectivity index (χ0) is 28.3. The number of benzene rings is 2. The number of hydrogen-bond acceptors (Lipinski definition) is 4. The molecular weight excluding hydrogens is 478 g/mol. The van der Waals surface area contributed by atoms with Gasteiger partial charge in [0.25, 0.3) is 5.91 Å². The van der Waals surface area contributed by atoms with Crippen molar-refractivity contribution in [3.05, 3.63) is 70.8 Å². The molecule has 2 unspecified atom stereocenters. The Bertz CT molecular complexity index is 1110. The number of aryl methyl sites for hydroxylation is 2. The van der Waals surface area contributed by atoms with E-state index < -0.39 is 29.7 Å². The van der Waals surface area contributed by atoms with Crippen molar-refractivity contribution in [3.8, 4) is 12.5 Å². The lowest BCUT2D eigenvalue weighted by Gasteiger charge is -2.32. The highest BCUT2D eigenvalue weighted by Crippen LogP contribution is 2.28. The van der Waals surface area contributed by atoms with E-state index in [-0.39, 0.29) is 12.3 Å². The molecule has 0 aliphatic carbocycles. The molecule has 204 valence electrons. The average Bonchev–Trinajstić information content (AvgIpc) is 2.84. The van der Waals surface area contributed by atoms with Gasteiger partial charge in [-0.05, 0) is 63.3 Å². The highest BCUT2D eigenvalue weighted by atomic mass is 16.6. The number of nitrogens with one attached hydrogen (secondary N) is 2. The predicted molar refractivity (Wildman–Crippen MR) is 150 cm³/mol. The van der Waals surface area contributed by atoms with Crippen molar-refractivity contribution in [2.24, 2.45) is 0 Å². The Balaban J connectivity index is 2.49. The second-order valence-electron chi connectivity index (χ2n) is 10.4. The van der Waals surface area contributed by atoms with Crippen molar-refractivity contribution in [3.63, 3.8) is 0 Å². The summed E-state index contributed by atoms with van der Waals surface area (Å²) < 4.78 is 5.42. The molecular formula is C31H41N3O4. The van der Waals surface area contributed by atoms with Crippen LogP contribution in [0.3, 0.4) is 0 Å². The van der Waals surface area contributed by atoms with E-state index >= 15 is 0 Å². The molecule has 0 spiro atoms. The average molecular weight is 520 g/mol. The lowest BCUT2D eigenvalue weighted by atomic mass is 9.93. The number of nitrogens with zero attached hydrogens (tertiary/aromatic N) is 1. The van der Waals surface area contributed by atoms with Gasteiger partial charge in [-0.1, -0.05) is 74.7 Å². The van der Waals surface area contributed by atoms with E-state index in [0.717, 1.165) is 40.9 Å². The van der Waals surface area contributed by atoms with Crippen LogP contribution in [0.1, 0.15) is 75.3 Å². The maximum absolute atomic E-state index is 14.0. The Labute approximate surface area is 227 Å². The van der Waals surface area contributed by atoms with Gasteiger partial charge in [-0.2, -0.15) is 0 Å². The molecule has 0 radical (unpaired) electrons. The Morgan fingerprint density at radius 1 is 1.00 bits per heavy atom. The van der Waals surface area contributed by atoms with E-state index in [1.807, 2.05) is 62.4 Å². The monoisotopic (exact) mass is 519 g/mol. The first kappa shape index (κ1) is 30.4. The third-order valence-corrected chi connectivity index (χ3v) is 6.05. The highest BCUT2D eigenvalue weighted by molar-refractivity contribution is 5.93. The molecule has 2 aromatic rings. The van der Waals surface area contributed by atoms with Crippen LogP contribution in [0.5, 0.6) is 0 Å². The van der Waals surface area contributed by atoms with Crippen LogP contribution in [0.25, 0.3) is 0 Å². The predicted octanol–water partition coefficient (Wildman–Crippen LogP) is 5.21. The summed E-state index contributed by atoms with van der Waals surface area (Å²) in [4.78, 5) is 41.5. The smallest absolute Gasteiger partial charge is 0.408 e. The molecule has 0 saturated heterocycles. The zero-order valence-electron chi connectivity index (χ0n) is 23.5. The Morgan fingerprint density at radius 3 is 2.18 bits per heavy atom. The number of terminal acetylenes is 1. The first-order chi connectivity index (χ1) is 18.0. The van der Waals surface area contributed by atoms with Gasteiger partial charge < -0.3 is 15.4 Å². The van der Waals surface area contributed by atoms with Crippen LogP contribution in [0.2, 0.25) is 0 Å². The number of unbranched alkanes of at least 4 members (excludes halogenated alkanes) is 2. The minimum Gasteiger partial charge on any atom is -0.444 e. The van der Waals surface area contributed by atoms with Crippen LogP contribution in [0.4, 0.5) is 4.79 Å². The van der Waals surface area contributed by atoms with Crippen molar-refractivity contribution >= 4 is 17.9 Å². The molecule has 2 rings (SSSR count). The van der Waals surface area contributed by atoms with E-state index in [4.69, 9.17) is 11.2 Å². The third kappa shape index (κ3) is 8.95. The van der Waals surface area contributed by atoms with Gasteiger partial charge >= 0.3 is 6.09 Å². The number of amides is 3. The van der Waals surface area contributed by atoms with E-state index in [1.54, 1.807) is 20.8 Å². The SMILES string of the molecule is C#CN(C(=O)C(Cc1ccccc1)NC(=O)OC(C)(C)C)C(C(=O)NCCCCC)c1c(C)cccc1C. The maximum Gasteiger partial charge on any atom is 0.408 e. The van der Waals surface area contributed by atoms with Gasteiger partial charge in [0.15, 0.2) is 0 Å². The summed E-state index contributed by atoms with van der Waals surface area (Å²) >= 11 is 0. The molecule has 0 aromatic heterocycles. The molecule has 0 bridgehead atoms. The van der Waals surface area contributed by atoms with Crippen LogP contribution in [-0.2, 0) is 20.7 Å². The number of carbonyl (C=O) groups is 3. The second-order valence-corrected chi connectivity index (χ2v) is 10.4. The van der Waals surface area contributed by atoms with Crippen molar-refractivity contribution in [2.45, 2.75) is 84.9 Å². The minimum absolute atomic E-state index is 0.175. The van der Waals surface area contributed by atoms with Gasteiger partial charge in [-0.15, -0.1) is 0 Å². The van der Waals surface area contributed by atoms with Gasteiger partial charge in [0, 0.05) is 19.0 Å². The van der Waals surface area contributed by atoms with Crippen LogP contribution in [-0.4, -0.2) is 41.0 Å². The molecule has 0 heterocycles. The Morgan fingerprint density at radius 2 is 1.63 bits per heavy atom. The summed E-state index contributed by atoms with van der Waals surface area (Å²) in [5, 5.41) is 5.65. The molecule has 7 nitrogen and oxygen atoms in total. The van der Waals surface area contributed by atoms with Crippen molar-refractivity contribution in [1.82, 2.24) is 15.5 Å². The van der Waals surface area contributed by atoms with Crippen molar-refractivity contribution in [2.75, 3.05) is 6.54 Å². The fraction of sp³-hybridized carbons (Fsp3) is 0.452. The van der Waals surface area contributed by atoms with E-state index in [1.165, 1.54) is 0 Å². The van der Waals surface area contributed by atoms with Gasteiger partial charge in [0.1, 0.15) is 17.7 Å².